The van der Waals surface area contributed by atoms with E-state index >= 15 is 0 Å². The lowest BCUT2D eigenvalue weighted by molar-refractivity contribution is -0.154. The SMILES string of the molecule is O=C(NCC1(C(=O)N[C@]2(C(=O)NS(=O)(=O)C3CCC3)C[C@H]2I)CC1)c1ccc(Nc2nc(NC3(c4ccc(Cl)cc4)CC3)nc(OCC(F)(F)F)n2)cc1. The molecule has 1 aromatic heterocycles. The molecule has 0 unspecified atom stereocenters. The van der Waals surface area contributed by atoms with E-state index in [1.165, 1.54) is 12.1 Å². The number of sulfonamides is 1. The van der Waals surface area contributed by atoms with Gasteiger partial charge in [0, 0.05) is 26.7 Å². The quantitative estimate of drug-likeness (QED) is 0.103. The van der Waals surface area contributed by atoms with Crippen LogP contribution in [0.15, 0.2) is 48.5 Å². The summed E-state index contributed by atoms with van der Waals surface area (Å²) in [6, 6.07) is 12.7. The van der Waals surface area contributed by atoms with Gasteiger partial charge in [0.05, 0.1) is 16.2 Å². The maximum Gasteiger partial charge on any atom is 0.422 e. The van der Waals surface area contributed by atoms with Gasteiger partial charge in [-0.3, -0.25) is 19.1 Å². The topological polar surface area (TPSA) is 193 Å². The minimum Gasteiger partial charge on any atom is -0.454 e. The molecular weight excluding hydrogens is 868 g/mol. The zero-order chi connectivity index (χ0) is 38.5. The lowest BCUT2D eigenvalue weighted by Gasteiger charge is -2.27. The van der Waals surface area contributed by atoms with Gasteiger partial charge >= 0.3 is 12.2 Å². The standard InChI is InChI=1S/C34H35ClF3IN8O6S/c35-21-8-6-20(7-9-21)32(14-15-32)46-29-42-28(43-30(44-29)53-18-34(36,37)38)41-22-10-4-19(5-11-22)25(48)40-17-31(12-13-31)26(49)45-33(16-24(33)39)27(50)47-54(51,52)23-2-1-3-23/h4-11,23-24H,1-3,12-18H2,(H,40,48)(H,45,49)(H,47,50)(H2,41,42,43,44,46)/t24-,33-/m1/s1. The van der Waals surface area contributed by atoms with Crippen molar-refractivity contribution in [2.24, 2.45) is 5.41 Å². The van der Waals surface area contributed by atoms with E-state index in [1.807, 2.05) is 34.7 Å². The Morgan fingerprint density at radius 3 is 2.13 bits per heavy atom. The number of carbonyl (C=O) groups excluding carboxylic acids is 3. The summed E-state index contributed by atoms with van der Waals surface area (Å²) in [4.78, 5) is 51.9. The summed E-state index contributed by atoms with van der Waals surface area (Å²) in [6.45, 7) is -1.61. The second kappa shape index (κ2) is 14.3. The predicted molar refractivity (Wildman–Crippen MR) is 199 cm³/mol. The summed E-state index contributed by atoms with van der Waals surface area (Å²) in [6.07, 6.45) is -0.160. The van der Waals surface area contributed by atoms with Gasteiger partial charge in [-0.2, -0.15) is 28.1 Å². The van der Waals surface area contributed by atoms with E-state index in [0.717, 1.165) is 24.8 Å². The highest BCUT2D eigenvalue weighted by Gasteiger charge is 2.63. The second-order valence-corrected chi connectivity index (χ2v) is 18.1. The number of benzene rings is 2. The van der Waals surface area contributed by atoms with Crippen LogP contribution in [0.4, 0.5) is 30.8 Å². The van der Waals surface area contributed by atoms with Crippen molar-refractivity contribution < 1.29 is 40.7 Å². The van der Waals surface area contributed by atoms with Gasteiger partial charge < -0.3 is 26.0 Å². The number of aromatic nitrogens is 3. The van der Waals surface area contributed by atoms with Crippen molar-refractivity contribution in [2.75, 3.05) is 23.8 Å². The molecule has 7 rings (SSSR count). The van der Waals surface area contributed by atoms with Crippen LogP contribution in [0, 0.1) is 5.41 Å². The molecule has 54 heavy (non-hydrogen) atoms. The molecule has 14 nitrogen and oxygen atoms in total. The fourth-order valence-corrected chi connectivity index (χ4v) is 8.88. The fraction of sp³-hybridized carbons (Fsp3) is 0.471. The average molecular weight is 903 g/mol. The zero-order valence-corrected chi connectivity index (χ0v) is 32.2. The molecule has 4 fully saturated rings. The van der Waals surface area contributed by atoms with Gasteiger partial charge in [0.1, 0.15) is 5.54 Å². The normalized spacial score (nSPS) is 22.2. The summed E-state index contributed by atoms with van der Waals surface area (Å²) in [7, 11) is -3.82. The molecule has 4 aliphatic rings. The first kappa shape index (κ1) is 38.3. The van der Waals surface area contributed by atoms with Crippen molar-refractivity contribution >= 4 is 79.5 Å². The number of anilines is 3. The summed E-state index contributed by atoms with van der Waals surface area (Å²) in [5.41, 5.74) is -1.23. The van der Waals surface area contributed by atoms with Gasteiger partial charge in [-0.25, -0.2) is 8.42 Å². The number of nitrogens with zero attached hydrogens (tertiary/aromatic N) is 3. The molecule has 20 heteroatoms. The summed E-state index contributed by atoms with van der Waals surface area (Å²) < 4.78 is 70.7. The Hall–Kier alpha value is -3.98. The monoisotopic (exact) mass is 902 g/mol. The molecule has 1 heterocycles. The van der Waals surface area contributed by atoms with Gasteiger partial charge in [-0.05, 0) is 86.9 Å². The van der Waals surface area contributed by atoms with Crippen LogP contribution in [-0.4, -0.2) is 75.1 Å². The van der Waals surface area contributed by atoms with Crippen LogP contribution >= 0.6 is 34.2 Å². The third-order valence-electron chi connectivity index (χ3n) is 10.1. The number of ether oxygens (including phenoxy) is 1. The van der Waals surface area contributed by atoms with Gasteiger partial charge in [0.15, 0.2) is 6.61 Å². The molecule has 0 saturated heterocycles. The molecule has 0 aliphatic heterocycles. The molecule has 2 atom stereocenters. The Bertz CT molecular complexity index is 2070. The Kier molecular flexibility index (Phi) is 10.1. The number of hydrogen-bond acceptors (Lipinski definition) is 11. The van der Waals surface area contributed by atoms with Crippen LogP contribution in [0.2, 0.25) is 5.02 Å². The first-order valence-electron chi connectivity index (χ1n) is 17.2. The van der Waals surface area contributed by atoms with Gasteiger partial charge in [-0.1, -0.05) is 52.7 Å². The highest BCUT2D eigenvalue weighted by atomic mass is 127. The average Bonchev–Trinajstić information content (AvgIpc) is 4.01. The predicted octanol–water partition coefficient (Wildman–Crippen LogP) is 4.88. The van der Waals surface area contributed by atoms with Crippen molar-refractivity contribution in [1.82, 2.24) is 30.3 Å². The minimum absolute atomic E-state index is 0.000495. The molecule has 3 aromatic rings. The Morgan fingerprint density at radius 2 is 1.57 bits per heavy atom. The molecule has 0 bridgehead atoms. The number of hydrogen-bond donors (Lipinski definition) is 5. The van der Waals surface area contributed by atoms with E-state index in [4.69, 9.17) is 16.3 Å². The Labute approximate surface area is 326 Å². The van der Waals surface area contributed by atoms with Crippen LogP contribution in [0.1, 0.15) is 67.3 Å². The second-order valence-electron chi connectivity index (χ2n) is 14.2. The number of nitrogens with one attached hydrogen (secondary N) is 5. The molecule has 0 radical (unpaired) electrons. The molecule has 3 amide bonds. The van der Waals surface area contributed by atoms with E-state index in [0.29, 0.717) is 42.8 Å². The summed E-state index contributed by atoms with van der Waals surface area (Å²) >= 11 is 8.05. The zero-order valence-electron chi connectivity index (χ0n) is 28.4. The third kappa shape index (κ3) is 8.46. The first-order chi connectivity index (χ1) is 25.5. The molecule has 4 saturated carbocycles. The van der Waals surface area contributed by atoms with Crippen molar-refractivity contribution in [3.8, 4) is 6.01 Å². The van der Waals surface area contributed by atoms with Gasteiger partial charge in [0.2, 0.25) is 27.8 Å². The van der Waals surface area contributed by atoms with E-state index in [1.54, 1.807) is 24.3 Å². The maximum absolute atomic E-state index is 13.4. The first-order valence-corrected chi connectivity index (χ1v) is 20.3. The minimum atomic E-state index is -4.62. The van der Waals surface area contributed by atoms with Crippen LogP contribution in [0.25, 0.3) is 0 Å². The van der Waals surface area contributed by atoms with Crippen LogP contribution in [0.5, 0.6) is 6.01 Å². The van der Waals surface area contributed by atoms with E-state index < -0.39 is 68.3 Å². The van der Waals surface area contributed by atoms with Crippen LogP contribution in [0.3, 0.4) is 0 Å². The lowest BCUT2D eigenvalue weighted by atomic mass is 10.0. The van der Waals surface area contributed by atoms with Crippen molar-refractivity contribution in [3.05, 3.63) is 64.7 Å². The van der Waals surface area contributed by atoms with E-state index in [2.05, 4.69) is 40.9 Å². The fourth-order valence-electron chi connectivity index (χ4n) is 6.06. The summed E-state index contributed by atoms with van der Waals surface area (Å²) in [5.74, 6) is -1.75. The number of carbonyl (C=O) groups is 3. The highest BCUT2D eigenvalue weighted by molar-refractivity contribution is 14.1. The van der Waals surface area contributed by atoms with Gasteiger partial charge in [0.25, 0.3) is 11.8 Å². The molecule has 4 aliphatic carbocycles. The number of alkyl halides is 4. The maximum atomic E-state index is 13.4. The Morgan fingerprint density at radius 1 is 0.926 bits per heavy atom. The smallest absolute Gasteiger partial charge is 0.422 e. The molecule has 2 aromatic carbocycles. The number of halogens is 5. The van der Waals surface area contributed by atoms with Crippen molar-refractivity contribution in [2.45, 2.75) is 77.8 Å². The summed E-state index contributed by atoms with van der Waals surface area (Å²) in [5, 5.41) is 11.6. The van der Waals surface area contributed by atoms with Crippen molar-refractivity contribution in [3.63, 3.8) is 0 Å². The van der Waals surface area contributed by atoms with E-state index in [9.17, 15) is 36.0 Å². The molecule has 0 spiro atoms. The number of amides is 3. The molecule has 5 N–H and O–H groups in total. The lowest BCUT2D eigenvalue weighted by Crippen LogP contribution is -2.56. The third-order valence-corrected chi connectivity index (χ3v) is 13.7. The molecular formula is C34H35ClF3IN8O6S. The Balaban J connectivity index is 0.970. The van der Waals surface area contributed by atoms with E-state index in [-0.39, 0.29) is 27.9 Å². The number of rotatable bonds is 15. The highest BCUT2D eigenvalue weighted by Crippen LogP contribution is 2.50. The van der Waals surface area contributed by atoms with Gasteiger partial charge in [-0.15, -0.1) is 0 Å². The molecule has 288 valence electrons. The van der Waals surface area contributed by atoms with Crippen LogP contribution < -0.4 is 30.7 Å². The van der Waals surface area contributed by atoms with Crippen molar-refractivity contribution in [1.29, 1.82) is 0 Å². The largest absolute Gasteiger partial charge is 0.454 e. The van der Waals surface area contributed by atoms with Crippen LogP contribution in [-0.2, 0) is 25.2 Å².